The van der Waals surface area contributed by atoms with Crippen LogP contribution in [0.2, 0.25) is 5.02 Å². The van der Waals surface area contributed by atoms with Crippen molar-refractivity contribution in [3.8, 4) is 0 Å². The fourth-order valence-corrected chi connectivity index (χ4v) is 6.17. The lowest BCUT2D eigenvalue weighted by Gasteiger charge is -2.26. The molecule has 2 aromatic rings. The van der Waals surface area contributed by atoms with Crippen LogP contribution < -0.4 is 4.72 Å². The number of nitrogens with one attached hydrogen (secondary N) is 1. The first-order valence-corrected chi connectivity index (χ1v) is 11.9. The highest BCUT2D eigenvalue weighted by Crippen LogP contribution is 2.26. The Balaban J connectivity index is 1.91. The summed E-state index contributed by atoms with van der Waals surface area (Å²) >= 11 is 5.92. The van der Waals surface area contributed by atoms with Crippen LogP contribution in [0.3, 0.4) is 0 Å². The van der Waals surface area contributed by atoms with Gasteiger partial charge in [0.15, 0.2) is 0 Å². The summed E-state index contributed by atoms with van der Waals surface area (Å²) in [5.41, 5.74) is 0.733. The lowest BCUT2D eigenvalue weighted by Crippen LogP contribution is -2.35. The van der Waals surface area contributed by atoms with E-state index >= 15 is 0 Å². The van der Waals surface area contributed by atoms with Crippen LogP contribution in [-0.4, -0.2) is 34.2 Å². The second-order valence-corrected chi connectivity index (χ2v) is 10.5. The third-order valence-corrected chi connectivity index (χ3v) is 8.13. The van der Waals surface area contributed by atoms with Gasteiger partial charge in [-0.2, -0.15) is 4.31 Å². The van der Waals surface area contributed by atoms with Gasteiger partial charge in [-0.1, -0.05) is 30.2 Å². The van der Waals surface area contributed by atoms with E-state index in [9.17, 15) is 16.8 Å². The summed E-state index contributed by atoms with van der Waals surface area (Å²) in [6.45, 7) is 2.64. The molecule has 27 heavy (non-hydrogen) atoms. The largest absolute Gasteiger partial charge is 0.280 e. The molecule has 6 nitrogen and oxygen atoms in total. The van der Waals surface area contributed by atoms with Crippen LogP contribution in [0.4, 0.5) is 5.69 Å². The molecule has 0 radical (unpaired) electrons. The number of hydrogen-bond donors (Lipinski definition) is 1. The number of anilines is 1. The number of piperidine rings is 1. The van der Waals surface area contributed by atoms with Gasteiger partial charge in [0, 0.05) is 18.1 Å². The Morgan fingerprint density at radius 2 is 1.67 bits per heavy atom. The van der Waals surface area contributed by atoms with E-state index < -0.39 is 20.0 Å². The van der Waals surface area contributed by atoms with E-state index in [1.54, 1.807) is 19.1 Å². The first-order chi connectivity index (χ1) is 12.7. The molecular weight excluding hydrogens is 408 g/mol. The number of benzene rings is 2. The molecule has 1 saturated heterocycles. The second kappa shape index (κ2) is 7.79. The predicted molar refractivity (Wildman–Crippen MR) is 106 cm³/mol. The van der Waals surface area contributed by atoms with Gasteiger partial charge in [0.25, 0.3) is 10.0 Å². The van der Waals surface area contributed by atoms with Crippen LogP contribution in [0.5, 0.6) is 0 Å². The first kappa shape index (κ1) is 20.1. The van der Waals surface area contributed by atoms with Crippen molar-refractivity contribution >= 4 is 37.3 Å². The van der Waals surface area contributed by atoms with Crippen molar-refractivity contribution in [1.82, 2.24) is 4.31 Å². The summed E-state index contributed by atoms with van der Waals surface area (Å²) in [5.74, 6) is 0. The molecule has 146 valence electrons. The summed E-state index contributed by atoms with van der Waals surface area (Å²) in [6.07, 6.45) is 2.68. The molecule has 1 fully saturated rings. The van der Waals surface area contributed by atoms with Gasteiger partial charge in [-0.05, 0) is 55.7 Å². The Kier molecular flexibility index (Phi) is 5.81. The Labute approximate surface area is 165 Å². The zero-order valence-corrected chi connectivity index (χ0v) is 17.2. The molecule has 1 heterocycles. The maximum absolute atomic E-state index is 12.8. The van der Waals surface area contributed by atoms with E-state index in [2.05, 4.69) is 4.72 Å². The third-order valence-electron chi connectivity index (χ3n) is 4.48. The topological polar surface area (TPSA) is 83.5 Å². The molecule has 0 amide bonds. The van der Waals surface area contributed by atoms with Gasteiger partial charge in [-0.3, -0.25) is 4.72 Å². The van der Waals surface area contributed by atoms with Crippen LogP contribution in [0.25, 0.3) is 0 Å². The summed E-state index contributed by atoms with van der Waals surface area (Å²) in [4.78, 5) is 0.131. The normalized spacial score (nSPS) is 16.2. The summed E-state index contributed by atoms with van der Waals surface area (Å²) in [5, 5.41) is 0.308. The maximum Gasteiger partial charge on any atom is 0.262 e. The van der Waals surface area contributed by atoms with Crippen molar-refractivity contribution < 1.29 is 16.8 Å². The molecule has 0 bridgehead atoms. The van der Waals surface area contributed by atoms with E-state index in [4.69, 9.17) is 11.6 Å². The monoisotopic (exact) mass is 428 g/mol. The standard InChI is InChI=1S/C18H21ClN2O4S2/c1-14-8-9-15(19)12-18(14)26(22,23)20-16-6-5-7-17(13-16)27(24,25)21-10-3-2-4-11-21/h5-9,12-13,20H,2-4,10-11H2,1H3. The highest BCUT2D eigenvalue weighted by atomic mass is 35.5. The Hall–Kier alpha value is -1.61. The molecule has 0 spiro atoms. The number of rotatable bonds is 5. The number of halogens is 1. The quantitative estimate of drug-likeness (QED) is 0.788. The average molecular weight is 429 g/mol. The lowest BCUT2D eigenvalue weighted by atomic mass is 10.2. The number of nitrogens with zero attached hydrogens (tertiary/aromatic N) is 1. The van der Waals surface area contributed by atoms with Crippen molar-refractivity contribution in [2.75, 3.05) is 17.8 Å². The third kappa shape index (κ3) is 4.45. The maximum atomic E-state index is 12.8. The van der Waals surface area contributed by atoms with E-state index in [1.807, 2.05) is 0 Å². The molecule has 0 saturated carbocycles. The summed E-state index contributed by atoms with van der Waals surface area (Å²) in [6, 6.07) is 10.5. The van der Waals surface area contributed by atoms with Gasteiger partial charge in [0.05, 0.1) is 15.5 Å². The van der Waals surface area contributed by atoms with E-state index in [-0.39, 0.29) is 15.5 Å². The number of aryl methyl sites for hydroxylation is 1. The number of hydrogen-bond acceptors (Lipinski definition) is 4. The molecule has 1 N–H and O–H groups in total. The van der Waals surface area contributed by atoms with Crippen molar-refractivity contribution in [3.05, 3.63) is 53.1 Å². The van der Waals surface area contributed by atoms with Gasteiger partial charge >= 0.3 is 0 Å². The first-order valence-electron chi connectivity index (χ1n) is 8.59. The van der Waals surface area contributed by atoms with E-state index in [0.717, 1.165) is 19.3 Å². The van der Waals surface area contributed by atoms with Crippen molar-refractivity contribution in [2.45, 2.75) is 36.0 Å². The molecule has 0 aliphatic carbocycles. The molecule has 1 aliphatic heterocycles. The zero-order valence-electron chi connectivity index (χ0n) is 14.9. The van der Waals surface area contributed by atoms with Gasteiger partial charge in [0.2, 0.25) is 10.0 Å². The van der Waals surface area contributed by atoms with Gasteiger partial charge in [-0.15, -0.1) is 0 Å². The number of sulfonamides is 2. The van der Waals surface area contributed by atoms with Crippen LogP contribution in [0.15, 0.2) is 52.3 Å². The SMILES string of the molecule is Cc1ccc(Cl)cc1S(=O)(=O)Nc1cccc(S(=O)(=O)N2CCCCC2)c1. The minimum Gasteiger partial charge on any atom is -0.280 e. The predicted octanol–water partition coefficient (Wildman–Crippen LogP) is 3.62. The van der Waals surface area contributed by atoms with Crippen LogP contribution >= 0.6 is 11.6 Å². The highest BCUT2D eigenvalue weighted by Gasteiger charge is 2.26. The van der Waals surface area contributed by atoms with Gasteiger partial charge < -0.3 is 0 Å². The molecule has 0 unspecified atom stereocenters. The van der Waals surface area contributed by atoms with Crippen molar-refractivity contribution in [3.63, 3.8) is 0 Å². The second-order valence-electron chi connectivity index (χ2n) is 6.51. The van der Waals surface area contributed by atoms with E-state index in [0.29, 0.717) is 23.7 Å². The fourth-order valence-electron chi connectivity index (χ4n) is 3.05. The van der Waals surface area contributed by atoms with E-state index in [1.165, 1.54) is 34.6 Å². The van der Waals surface area contributed by atoms with Crippen molar-refractivity contribution in [2.24, 2.45) is 0 Å². The Morgan fingerprint density at radius 3 is 2.37 bits per heavy atom. The fraction of sp³-hybridized carbons (Fsp3) is 0.333. The smallest absolute Gasteiger partial charge is 0.262 e. The molecule has 3 rings (SSSR count). The molecule has 1 aliphatic rings. The highest BCUT2D eigenvalue weighted by molar-refractivity contribution is 7.92. The van der Waals surface area contributed by atoms with Gasteiger partial charge in [0.1, 0.15) is 0 Å². The van der Waals surface area contributed by atoms with Crippen LogP contribution in [-0.2, 0) is 20.0 Å². The van der Waals surface area contributed by atoms with Crippen LogP contribution in [0, 0.1) is 6.92 Å². The molecule has 0 aromatic heterocycles. The molecule has 0 atom stereocenters. The Bertz CT molecular complexity index is 1050. The summed E-state index contributed by atoms with van der Waals surface area (Å²) < 4.78 is 54.9. The zero-order chi connectivity index (χ0) is 19.7. The molecule has 9 heteroatoms. The molecular formula is C18H21ClN2O4S2. The molecule has 2 aromatic carbocycles. The lowest BCUT2D eigenvalue weighted by molar-refractivity contribution is 0.346. The van der Waals surface area contributed by atoms with Crippen LogP contribution in [0.1, 0.15) is 24.8 Å². The minimum absolute atomic E-state index is 0.0549. The van der Waals surface area contributed by atoms with Gasteiger partial charge in [-0.25, -0.2) is 16.8 Å². The van der Waals surface area contributed by atoms with Crippen molar-refractivity contribution in [1.29, 1.82) is 0 Å². The summed E-state index contributed by atoms with van der Waals surface area (Å²) in [7, 11) is -7.54. The minimum atomic E-state index is -3.90. The Morgan fingerprint density at radius 1 is 0.963 bits per heavy atom. The average Bonchev–Trinajstić information content (AvgIpc) is 2.64.